The minimum absolute atomic E-state index is 0.205. The minimum Gasteiger partial charge on any atom is -0.297 e. The highest BCUT2D eigenvalue weighted by Crippen LogP contribution is 2.42. The molecule has 78 valence electrons. The van der Waals surface area contributed by atoms with Crippen molar-refractivity contribution in [1.82, 2.24) is 5.32 Å². The highest BCUT2D eigenvalue weighted by Gasteiger charge is 2.43. The molecule has 0 amide bonds. The van der Waals surface area contributed by atoms with E-state index in [1.165, 1.54) is 25.7 Å². The van der Waals surface area contributed by atoms with Gasteiger partial charge in [-0.1, -0.05) is 20.3 Å². The molecule has 0 aromatic carbocycles. The van der Waals surface area contributed by atoms with Gasteiger partial charge in [-0.2, -0.15) is 5.26 Å². The molecule has 2 aliphatic rings. The number of rotatable bonds is 2. The second-order valence-corrected chi connectivity index (χ2v) is 5.81. The lowest BCUT2D eigenvalue weighted by molar-refractivity contribution is 0.156. The molecule has 2 heteroatoms. The Balaban J connectivity index is 2.06. The van der Waals surface area contributed by atoms with Crippen LogP contribution in [-0.4, -0.2) is 11.6 Å². The molecule has 2 nitrogen and oxygen atoms in total. The number of hydrogen-bond donors (Lipinski definition) is 1. The van der Waals surface area contributed by atoms with Gasteiger partial charge in [-0.05, 0) is 37.5 Å². The molecule has 0 heterocycles. The quantitative estimate of drug-likeness (QED) is 0.730. The second-order valence-electron chi connectivity index (χ2n) is 5.81. The lowest BCUT2D eigenvalue weighted by Crippen LogP contribution is -2.50. The first-order chi connectivity index (χ1) is 6.55. The normalized spacial score (nSPS) is 36.4. The monoisotopic (exact) mass is 192 g/mol. The zero-order chi connectivity index (χ0) is 10.2. The van der Waals surface area contributed by atoms with E-state index in [0.717, 1.165) is 12.8 Å². The molecule has 0 aliphatic heterocycles. The molecule has 0 bridgehead atoms. The van der Waals surface area contributed by atoms with Gasteiger partial charge in [-0.3, -0.25) is 5.32 Å². The van der Waals surface area contributed by atoms with Gasteiger partial charge in [0.25, 0.3) is 0 Å². The Morgan fingerprint density at radius 2 is 2.00 bits per heavy atom. The summed E-state index contributed by atoms with van der Waals surface area (Å²) in [6, 6.07) is 3.18. The Morgan fingerprint density at radius 3 is 2.50 bits per heavy atom. The zero-order valence-corrected chi connectivity index (χ0v) is 9.27. The lowest BCUT2D eigenvalue weighted by Gasteiger charge is -2.41. The zero-order valence-electron chi connectivity index (χ0n) is 9.27. The molecule has 2 aliphatic carbocycles. The van der Waals surface area contributed by atoms with Crippen molar-refractivity contribution in [2.45, 2.75) is 64.0 Å². The SMILES string of the molecule is CC1(C)CCCC(C#N)(NC2CC2)C1. The average molecular weight is 192 g/mol. The Kier molecular flexibility index (Phi) is 2.31. The standard InChI is InChI=1S/C12H20N2/c1-11(2)6-3-7-12(8-11,9-13)14-10-4-5-10/h10,14H,3-8H2,1-2H3. The van der Waals surface area contributed by atoms with Crippen molar-refractivity contribution >= 4 is 0 Å². The number of hydrogen-bond acceptors (Lipinski definition) is 2. The summed E-state index contributed by atoms with van der Waals surface area (Å²) >= 11 is 0. The summed E-state index contributed by atoms with van der Waals surface area (Å²) in [4.78, 5) is 0. The Labute approximate surface area is 86.7 Å². The predicted octanol–water partition coefficient (Wildman–Crippen LogP) is 2.60. The topological polar surface area (TPSA) is 35.8 Å². The molecule has 1 unspecified atom stereocenters. The number of nitriles is 1. The number of nitrogens with one attached hydrogen (secondary N) is 1. The fourth-order valence-electron chi connectivity index (χ4n) is 2.73. The van der Waals surface area contributed by atoms with Crippen molar-refractivity contribution in [2.24, 2.45) is 5.41 Å². The van der Waals surface area contributed by atoms with Crippen LogP contribution in [0.15, 0.2) is 0 Å². The van der Waals surface area contributed by atoms with E-state index in [1.807, 2.05) is 0 Å². The van der Waals surface area contributed by atoms with Gasteiger partial charge < -0.3 is 0 Å². The first kappa shape index (κ1) is 9.98. The largest absolute Gasteiger partial charge is 0.297 e. The lowest BCUT2D eigenvalue weighted by atomic mass is 9.68. The maximum Gasteiger partial charge on any atom is 0.107 e. The molecule has 2 saturated carbocycles. The van der Waals surface area contributed by atoms with Gasteiger partial charge >= 0.3 is 0 Å². The molecule has 2 rings (SSSR count). The summed E-state index contributed by atoms with van der Waals surface area (Å²) < 4.78 is 0. The molecule has 14 heavy (non-hydrogen) atoms. The Morgan fingerprint density at radius 1 is 1.29 bits per heavy atom. The predicted molar refractivity (Wildman–Crippen MR) is 56.8 cm³/mol. The summed E-state index contributed by atoms with van der Waals surface area (Å²) in [7, 11) is 0. The summed E-state index contributed by atoms with van der Waals surface area (Å²) in [6.07, 6.45) is 7.06. The first-order valence-electron chi connectivity index (χ1n) is 5.74. The Bertz CT molecular complexity index is 260. The van der Waals surface area contributed by atoms with Crippen molar-refractivity contribution < 1.29 is 0 Å². The van der Waals surface area contributed by atoms with Crippen molar-refractivity contribution in [3.8, 4) is 6.07 Å². The fraction of sp³-hybridized carbons (Fsp3) is 0.917. The van der Waals surface area contributed by atoms with Crippen LogP contribution in [0.5, 0.6) is 0 Å². The molecule has 0 saturated heterocycles. The van der Waals surface area contributed by atoms with E-state index in [-0.39, 0.29) is 5.54 Å². The van der Waals surface area contributed by atoms with Crippen LogP contribution < -0.4 is 5.32 Å². The van der Waals surface area contributed by atoms with Crippen molar-refractivity contribution in [3.63, 3.8) is 0 Å². The van der Waals surface area contributed by atoms with E-state index in [4.69, 9.17) is 0 Å². The van der Waals surface area contributed by atoms with E-state index in [9.17, 15) is 5.26 Å². The van der Waals surface area contributed by atoms with Crippen LogP contribution in [0.25, 0.3) is 0 Å². The van der Waals surface area contributed by atoms with Crippen LogP contribution in [0.3, 0.4) is 0 Å². The van der Waals surface area contributed by atoms with Crippen LogP contribution in [0, 0.1) is 16.7 Å². The smallest absolute Gasteiger partial charge is 0.107 e. The van der Waals surface area contributed by atoms with Crippen molar-refractivity contribution in [3.05, 3.63) is 0 Å². The second kappa shape index (κ2) is 3.24. The molecule has 1 atom stereocenters. The maximum atomic E-state index is 9.34. The number of nitrogens with zero attached hydrogens (tertiary/aromatic N) is 1. The molecular formula is C12H20N2. The third kappa shape index (κ3) is 2.09. The van der Waals surface area contributed by atoms with Crippen LogP contribution >= 0.6 is 0 Å². The van der Waals surface area contributed by atoms with E-state index < -0.39 is 0 Å². The molecule has 0 aromatic heterocycles. The summed E-state index contributed by atoms with van der Waals surface area (Å²) in [5.74, 6) is 0. The minimum atomic E-state index is -0.205. The summed E-state index contributed by atoms with van der Waals surface area (Å²) in [5.41, 5.74) is 0.138. The highest BCUT2D eigenvalue weighted by atomic mass is 15.0. The van der Waals surface area contributed by atoms with Gasteiger partial charge in [0.1, 0.15) is 5.54 Å². The molecule has 0 spiro atoms. The van der Waals surface area contributed by atoms with Gasteiger partial charge in [-0.25, -0.2) is 0 Å². The fourth-order valence-corrected chi connectivity index (χ4v) is 2.73. The van der Waals surface area contributed by atoms with E-state index >= 15 is 0 Å². The van der Waals surface area contributed by atoms with Crippen LogP contribution in [0.1, 0.15) is 52.4 Å². The third-order valence-electron chi connectivity index (χ3n) is 3.51. The highest BCUT2D eigenvalue weighted by molar-refractivity contribution is 5.13. The van der Waals surface area contributed by atoms with E-state index in [1.54, 1.807) is 0 Å². The third-order valence-corrected chi connectivity index (χ3v) is 3.51. The van der Waals surface area contributed by atoms with Gasteiger partial charge in [0.2, 0.25) is 0 Å². The Hall–Kier alpha value is -0.550. The van der Waals surface area contributed by atoms with Crippen LogP contribution in [-0.2, 0) is 0 Å². The van der Waals surface area contributed by atoms with Crippen LogP contribution in [0.2, 0.25) is 0 Å². The average Bonchev–Trinajstić information content (AvgIpc) is 2.86. The van der Waals surface area contributed by atoms with E-state index in [0.29, 0.717) is 11.5 Å². The molecule has 0 aromatic rings. The first-order valence-corrected chi connectivity index (χ1v) is 5.74. The van der Waals surface area contributed by atoms with Gasteiger partial charge in [0.15, 0.2) is 0 Å². The van der Waals surface area contributed by atoms with Crippen LogP contribution in [0.4, 0.5) is 0 Å². The molecular weight excluding hydrogens is 172 g/mol. The van der Waals surface area contributed by atoms with Gasteiger partial charge in [-0.15, -0.1) is 0 Å². The molecule has 2 fully saturated rings. The van der Waals surface area contributed by atoms with Gasteiger partial charge in [0, 0.05) is 6.04 Å². The van der Waals surface area contributed by atoms with Crippen molar-refractivity contribution in [2.75, 3.05) is 0 Å². The van der Waals surface area contributed by atoms with Crippen molar-refractivity contribution in [1.29, 1.82) is 5.26 Å². The molecule has 1 N–H and O–H groups in total. The van der Waals surface area contributed by atoms with E-state index in [2.05, 4.69) is 25.2 Å². The summed E-state index contributed by atoms with van der Waals surface area (Å²) in [5, 5.41) is 12.9. The summed E-state index contributed by atoms with van der Waals surface area (Å²) in [6.45, 7) is 4.57. The maximum absolute atomic E-state index is 9.34. The van der Waals surface area contributed by atoms with Gasteiger partial charge in [0.05, 0.1) is 6.07 Å². The molecule has 0 radical (unpaired) electrons.